The predicted octanol–water partition coefficient (Wildman–Crippen LogP) is 3.82. The molecule has 0 aromatic heterocycles. The van der Waals surface area contributed by atoms with Gasteiger partial charge in [-0.05, 0) is 54.3 Å². The average Bonchev–Trinajstić information content (AvgIpc) is 2.98. The molecule has 1 amide bonds. The number of guanidine groups is 1. The predicted molar refractivity (Wildman–Crippen MR) is 115 cm³/mol. The minimum absolute atomic E-state index is 0.0120. The fourth-order valence-electron chi connectivity index (χ4n) is 3.58. The Hall–Kier alpha value is -3.33. The van der Waals surface area contributed by atoms with Crippen molar-refractivity contribution in [3.05, 3.63) is 70.5 Å². The number of carbonyl (C=O) groups excluding carboxylic acids is 1. The fraction of sp³-hybridized carbons (Fsp3) is 0.304. The molecule has 2 aromatic rings. The molecule has 0 bridgehead atoms. The van der Waals surface area contributed by atoms with E-state index in [1.807, 2.05) is 0 Å². The summed E-state index contributed by atoms with van der Waals surface area (Å²) in [5, 5.41) is 0. The van der Waals surface area contributed by atoms with Gasteiger partial charge in [-0.1, -0.05) is 24.3 Å². The maximum absolute atomic E-state index is 14.5. The number of alkyl halides is 2. The summed E-state index contributed by atoms with van der Waals surface area (Å²) in [5.41, 5.74) is 5.82. The first-order chi connectivity index (χ1) is 15.2. The van der Waals surface area contributed by atoms with Crippen LogP contribution in [0, 0.1) is 12.7 Å². The molecule has 32 heavy (non-hydrogen) atoms. The lowest BCUT2D eigenvalue weighted by Gasteiger charge is -2.27. The molecule has 0 spiro atoms. The number of likely N-dealkylation sites (N-methyl/N-ethyl adjacent to an activating group) is 1. The van der Waals surface area contributed by atoms with Crippen LogP contribution in [0.15, 0.2) is 47.5 Å². The molecule has 2 N–H and O–H groups in total. The van der Waals surface area contributed by atoms with Gasteiger partial charge in [0.05, 0.1) is 0 Å². The molecule has 170 valence electrons. The van der Waals surface area contributed by atoms with Crippen LogP contribution in [0.1, 0.15) is 28.7 Å². The summed E-state index contributed by atoms with van der Waals surface area (Å²) in [5.74, 6) is -0.944. The normalized spacial score (nSPS) is 18.7. The van der Waals surface area contributed by atoms with Gasteiger partial charge < -0.3 is 15.2 Å². The maximum atomic E-state index is 14.5. The first kappa shape index (κ1) is 23.3. The smallest absolute Gasteiger partial charge is 0.387 e. The first-order valence-corrected chi connectivity index (χ1v) is 9.85. The van der Waals surface area contributed by atoms with Crippen LogP contribution in [0.3, 0.4) is 0 Å². The van der Waals surface area contributed by atoms with Crippen molar-refractivity contribution in [1.29, 1.82) is 0 Å². The zero-order chi connectivity index (χ0) is 23.5. The SMILES string of the molecule is COCC/C=C/c1cc(C2(c3ccc(OC(F)F)c(C)c3)N=C(N)N(C)C2=O)ccc1F. The Kier molecular flexibility index (Phi) is 6.88. The highest BCUT2D eigenvalue weighted by Gasteiger charge is 2.49. The van der Waals surface area contributed by atoms with Crippen LogP contribution in [-0.2, 0) is 15.1 Å². The van der Waals surface area contributed by atoms with Crippen LogP contribution in [0.4, 0.5) is 13.2 Å². The molecule has 9 heteroatoms. The van der Waals surface area contributed by atoms with E-state index in [1.54, 1.807) is 32.3 Å². The Morgan fingerprint density at radius 1 is 1.22 bits per heavy atom. The Morgan fingerprint density at radius 3 is 2.50 bits per heavy atom. The molecule has 0 fully saturated rings. The highest BCUT2D eigenvalue weighted by molar-refractivity contribution is 6.09. The van der Waals surface area contributed by atoms with Crippen LogP contribution in [0.2, 0.25) is 0 Å². The number of benzene rings is 2. The number of nitrogens with zero attached hydrogens (tertiary/aromatic N) is 2. The molecular weight excluding hydrogens is 423 g/mol. The van der Waals surface area contributed by atoms with Crippen molar-refractivity contribution < 1.29 is 27.4 Å². The van der Waals surface area contributed by atoms with E-state index in [-0.39, 0.29) is 17.3 Å². The van der Waals surface area contributed by atoms with Crippen molar-refractivity contribution in [3.63, 3.8) is 0 Å². The highest BCUT2D eigenvalue weighted by atomic mass is 19.3. The summed E-state index contributed by atoms with van der Waals surface area (Å²) in [7, 11) is 3.06. The molecular formula is C23H24F3N3O3. The number of aryl methyl sites for hydroxylation is 1. The van der Waals surface area contributed by atoms with E-state index in [2.05, 4.69) is 9.73 Å². The Labute approximate surface area is 184 Å². The maximum Gasteiger partial charge on any atom is 0.387 e. The number of amides is 1. The van der Waals surface area contributed by atoms with E-state index in [1.165, 1.54) is 42.3 Å². The molecule has 0 aliphatic carbocycles. The number of halogens is 3. The van der Waals surface area contributed by atoms with Gasteiger partial charge in [-0.25, -0.2) is 9.38 Å². The van der Waals surface area contributed by atoms with Gasteiger partial charge in [0.2, 0.25) is 0 Å². The zero-order valence-electron chi connectivity index (χ0n) is 17.9. The van der Waals surface area contributed by atoms with Crippen molar-refractivity contribution in [3.8, 4) is 5.75 Å². The lowest BCUT2D eigenvalue weighted by Crippen LogP contribution is -2.41. The van der Waals surface area contributed by atoms with Crippen LogP contribution >= 0.6 is 0 Å². The number of carbonyl (C=O) groups is 1. The van der Waals surface area contributed by atoms with Crippen molar-refractivity contribution >= 4 is 17.9 Å². The van der Waals surface area contributed by atoms with E-state index in [0.29, 0.717) is 29.7 Å². The minimum Gasteiger partial charge on any atom is -0.435 e. The van der Waals surface area contributed by atoms with Gasteiger partial charge in [0.1, 0.15) is 11.6 Å². The molecule has 6 nitrogen and oxygen atoms in total. The third kappa shape index (κ3) is 4.34. The van der Waals surface area contributed by atoms with Crippen LogP contribution in [0.5, 0.6) is 5.75 Å². The molecule has 1 unspecified atom stereocenters. The quantitative estimate of drug-likeness (QED) is 0.625. The van der Waals surface area contributed by atoms with E-state index in [4.69, 9.17) is 10.5 Å². The lowest BCUT2D eigenvalue weighted by atomic mass is 9.81. The third-order valence-corrected chi connectivity index (χ3v) is 5.25. The van der Waals surface area contributed by atoms with E-state index < -0.39 is 23.9 Å². The van der Waals surface area contributed by atoms with Crippen LogP contribution in [-0.4, -0.2) is 44.1 Å². The van der Waals surface area contributed by atoms with Gasteiger partial charge in [-0.2, -0.15) is 8.78 Å². The minimum atomic E-state index is -2.98. The Bertz CT molecular complexity index is 1070. The van der Waals surface area contributed by atoms with Crippen molar-refractivity contribution in [2.75, 3.05) is 20.8 Å². The second-order valence-electron chi connectivity index (χ2n) is 7.32. The largest absolute Gasteiger partial charge is 0.435 e. The van der Waals surface area contributed by atoms with Crippen LogP contribution < -0.4 is 10.5 Å². The number of ether oxygens (including phenoxy) is 2. The highest BCUT2D eigenvalue weighted by Crippen LogP contribution is 2.41. The monoisotopic (exact) mass is 447 g/mol. The summed E-state index contributed by atoms with van der Waals surface area (Å²) < 4.78 is 49.3. The Morgan fingerprint density at radius 2 is 1.91 bits per heavy atom. The number of aliphatic imine (C=N–C) groups is 1. The molecule has 3 rings (SSSR count). The van der Waals surface area contributed by atoms with Gasteiger partial charge in [0.25, 0.3) is 5.91 Å². The van der Waals surface area contributed by atoms with E-state index in [0.717, 1.165) is 0 Å². The van der Waals surface area contributed by atoms with Crippen molar-refractivity contribution in [2.45, 2.75) is 25.5 Å². The standard InChI is InChI=1S/C23H24F3N3O3/c1-14-12-16(8-10-19(14)32-21(25)26)23(20(30)29(2)22(27)28-23)17-7-9-18(24)15(13-17)6-4-5-11-31-3/h4,6-10,12-13,21H,5,11H2,1-3H3,(H2,27,28)/b6-4+. The zero-order valence-corrected chi connectivity index (χ0v) is 17.9. The number of hydrogen-bond donors (Lipinski definition) is 1. The first-order valence-electron chi connectivity index (χ1n) is 9.85. The molecule has 1 aliphatic rings. The van der Waals surface area contributed by atoms with Gasteiger partial charge in [-0.15, -0.1) is 0 Å². The topological polar surface area (TPSA) is 77.2 Å². The molecule has 0 saturated heterocycles. The summed E-state index contributed by atoms with van der Waals surface area (Å²) in [6.45, 7) is -0.913. The van der Waals surface area contributed by atoms with Gasteiger partial charge >= 0.3 is 6.61 Å². The van der Waals surface area contributed by atoms with Crippen molar-refractivity contribution in [2.24, 2.45) is 10.7 Å². The molecule has 1 aliphatic heterocycles. The molecule has 1 heterocycles. The summed E-state index contributed by atoms with van der Waals surface area (Å²) in [6.07, 6.45) is 3.95. The average molecular weight is 447 g/mol. The lowest BCUT2D eigenvalue weighted by molar-refractivity contribution is -0.129. The number of methoxy groups -OCH3 is 1. The number of rotatable bonds is 8. The van der Waals surface area contributed by atoms with Gasteiger partial charge in [0, 0.05) is 26.3 Å². The van der Waals surface area contributed by atoms with Crippen LogP contribution in [0.25, 0.3) is 6.08 Å². The van der Waals surface area contributed by atoms with Gasteiger partial charge in [-0.3, -0.25) is 9.69 Å². The summed E-state index contributed by atoms with van der Waals surface area (Å²) >= 11 is 0. The second-order valence-corrected chi connectivity index (χ2v) is 7.32. The van der Waals surface area contributed by atoms with Crippen molar-refractivity contribution in [1.82, 2.24) is 4.90 Å². The molecule has 2 aromatic carbocycles. The van der Waals surface area contributed by atoms with E-state index in [9.17, 15) is 18.0 Å². The molecule has 0 saturated carbocycles. The summed E-state index contributed by atoms with van der Waals surface area (Å²) in [6, 6.07) is 8.63. The van der Waals surface area contributed by atoms with Gasteiger partial charge in [0.15, 0.2) is 11.5 Å². The molecule has 0 radical (unpaired) electrons. The summed E-state index contributed by atoms with van der Waals surface area (Å²) in [4.78, 5) is 19.0. The second kappa shape index (κ2) is 9.44. The molecule has 1 atom stereocenters. The third-order valence-electron chi connectivity index (χ3n) is 5.25. The fourth-order valence-corrected chi connectivity index (χ4v) is 3.58. The Balaban J connectivity index is 2.14. The van der Waals surface area contributed by atoms with E-state index >= 15 is 0 Å². The number of hydrogen-bond acceptors (Lipinski definition) is 5. The number of nitrogens with two attached hydrogens (primary N) is 1.